The third kappa shape index (κ3) is 4.01. The molecule has 0 aliphatic heterocycles. The molecule has 20 heavy (non-hydrogen) atoms. The summed E-state index contributed by atoms with van der Waals surface area (Å²) in [5.74, 6) is -0.699. The number of ether oxygens (including phenoxy) is 1. The van der Waals surface area contributed by atoms with Gasteiger partial charge in [-0.1, -0.05) is 6.58 Å². The number of nitro groups is 1. The predicted molar refractivity (Wildman–Crippen MR) is 76.4 cm³/mol. The van der Waals surface area contributed by atoms with Gasteiger partial charge in [-0.15, -0.1) is 0 Å². The number of nitrogens with zero attached hydrogens (tertiary/aromatic N) is 1. The van der Waals surface area contributed by atoms with Gasteiger partial charge in [-0.3, -0.25) is 10.1 Å². The highest BCUT2D eigenvalue weighted by atomic mass is 79.9. The molecule has 0 aromatic heterocycles. The minimum absolute atomic E-state index is 0.0331. The molecule has 0 unspecified atom stereocenters. The van der Waals surface area contributed by atoms with Gasteiger partial charge < -0.3 is 10.1 Å². The Hall–Kier alpha value is -1.47. The minimum Gasteiger partial charge on any atom is -0.482 e. The van der Waals surface area contributed by atoms with Crippen LogP contribution < -0.4 is 10.1 Å². The Bertz CT molecular complexity index is 547. The minimum atomic E-state index is -0.606. The monoisotopic (exact) mass is 344 g/mol. The van der Waals surface area contributed by atoms with E-state index in [9.17, 15) is 14.5 Å². The van der Waals surface area contributed by atoms with Crippen molar-refractivity contribution in [2.75, 3.05) is 13.2 Å². The molecular formula is C13H14BrFN2O3. The third-order valence-electron chi connectivity index (χ3n) is 2.85. The molecule has 0 spiro atoms. The van der Waals surface area contributed by atoms with Crippen molar-refractivity contribution < 1.29 is 14.1 Å². The standard InChI is InChI=1S/C13H14BrFN2O3/c1-8(6-16-9-2-3-9)7-20-13-5-11(15)10(14)4-12(13)17(18)19/h4-5,9,16H,1-3,6-7H2. The van der Waals surface area contributed by atoms with Crippen molar-refractivity contribution in [1.82, 2.24) is 5.32 Å². The van der Waals surface area contributed by atoms with E-state index in [1.807, 2.05) is 0 Å². The molecule has 1 aliphatic carbocycles. The number of nitro benzene ring substituents is 1. The molecule has 1 aromatic rings. The number of halogens is 2. The first kappa shape index (κ1) is 14.9. The molecule has 0 saturated heterocycles. The highest BCUT2D eigenvalue weighted by Crippen LogP contribution is 2.32. The maximum absolute atomic E-state index is 13.4. The summed E-state index contributed by atoms with van der Waals surface area (Å²) in [5, 5.41) is 14.2. The van der Waals surface area contributed by atoms with Crippen molar-refractivity contribution in [1.29, 1.82) is 0 Å². The maximum Gasteiger partial charge on any atom is 0.312 e. The zero-order chi connectivity index (χ0) is 14.7. The zero-order valence-electron chi connectivity index (χ0n) is 10.7. The molecule has 1 N–H and O–H groups in total. The Labute approximate surface area is 124 Å². The van der Waals surface area contributed by atoms with E-state index in [1.54, 1.807) is 0 Å². The summed E-state index contributed by atoms with van der Waals surface area (Å²) in [5.41, 5.74) is 0.482. The summed E-state index contributed by atoms with van der Waals surface area (Å²) < 4.78 is 18.8. The van der Waals surface area contributed by atoms with Crippen LogP contribution in [0, 0.1) is 15.9 Å². The lowest BCUT2D eigenvalue weighted by Crippen LogP contribution is -2.21. The molecule has 0 heterocycles. The molecule has 0 bridgehead atoms. The summed E-state index contributed by atoms with van der Waals surface area (Å²) in [6.07, 6.45) is 2.33. The first-order chi connectivity index (χ1) is 9.47. The summed E-state index contributed by atoms with van der Waals surface area (Å²) in [6.45, 7) is 4.53. The van der Waals surface area contributed by atoms with Gasteiger partial charge in [0.25, 0.3) is 0 Å². The van der Waals surface area contributed by atoms with E-state index in [4.69, 9.17) is 4.74 Å². The van der Waals surface area contributed by atoms with Crippen LogP contribution in [0.3, 0.4) is 0 Å². The molecule has 1 saturated carbocycles. The SMILES string of the molecule is C=C(CNC1CC1)COc1cc(F)c(Br)cc1[N+](=O)[O-]. The topological polar surface area (TPSA) is 64.4 Å². The fraction of sp³-hybridized carbons (Fsp3) is 0.385. The van der Waals surface area contributed by atoms with E-state index in [0.717, 1.165) is 30.5 Å². The highest BCUT2D eigenvalue weighted by Gasteiger charge is 2.21. The molecule has 7 heteroatoms. The van der Waals surface area contributed by atoms with E-state index in [-0.39, 0.29) is 22.5 Å². The van der Waals surface area contributed by atoms with Crippen LogP contribution in [0.25, 0.3) is 0 Å². The van der Waals surface area contributed by atoms with Crippen LogP contribution >= 0.6 is 15.9 Å². The highest BCUT2D eigenvalue weighted by molar-refractivity contribution is 9.10. The fourth-order valence-electron chi connectivity index (χ4n) is 1.58. The number of nitrogens with one attached hydrogen (secondary N) is 1. The van der Waals surface area contributed by atoms with Crippen molar-refractivity contribution in [3.8, 4) is 5.75 Å². The Kier molecular flexibility index (Phi) is 4.72. The van der Waals surface area contributed by atoms with Gasteiger partial charge in [-0.05, 0) is 34.3 Å². The average Bonchev–Trinajstić information content (AvgIpc) is 3.21. The Morgan fingerprint density at radius 2 is 2.30 bits per heavy atom. The van der Waals surface area contributed by atoms with Crippen molar-refractivity contribution >= 4 is 21.6 Å². The fourth-order valence-corrected chi connectivity index (χ4v) is 1.91. The molecule has 0 amide bonds. The lowest BCUT2D eigenvalue weighted by atomic mass is 10.2. The second-order valence-corrected chi connectivity index (χ2v) is 5.54. The second-order valence-electron chi connectivity index (χ2n) is 4.69. The largest absolute Gasteiger partial charge is 0.482 e. The molecule has 2 rings (SSSR count). The second kappa shape index (κ2) is 6.32. The van der Waals surface area contributed by atoms with Gasteiger partial charge in [0.15, 0.2) is 5.75 Å². The molecule has 1 fully saturated rings. The van der Waals surface area contributed by atoms with Crippen LogP contribution in [0.5, 0.6) is 5.75 Å². The van der Waals surface area contributed by atoms with Gasteiger partial charge in [0.1, 0.15) is 12.4 Å². The lowest BCUT2D eigenvalue weighted by molar-refractivity contribution is -0.386. The van der Waals surface area contributed by atoms with Crippen molar-refractivity contribution in [2.45, 2.75) is 18.9 Å². The number of hydrogen-bond donors (Lipinski definition) is 1. The molecule has 108 valence electrons. The summed E-state index contributed by atoms with van der Waals surface area (Å²) in [6, 6.07) is 2.64. The Balaban J connectivity index is 1.98. The molecule has 0 atom stereocenters. The Morgan fingerprint density at radius 3 is 2.90 bits per heavy atom. The molecule has 0 radical (unpaired) electrons. The van der Waals surface area contributed by atoms with E-state index in [2.05, 4.69) is 27.8 Å². The van der Waals surface area contributed by atoms with Gasteiger partial charge in [0.05, 0.1) is 9.40 Å². The summed E-state index contributed by atoms with van der Waals surface area (Å²) in [7, 11) is 0. The summed E-state index contributed by atoms with van der Waals surface area (Å²) in [4.78, 5) is 10.3. The van der Waals surface area contributed by atoms with Crippen molar-refractivity contribution in [3.63, 3.8) is 0 Å². The molecule has 1 aliphatic rings. The van der Waals surface area contributed by atoms with Crippen LogP contribution in [0.15, 0.2) is 28.8 Å². The third-order valence-corrected chi connectivity index (χ3v) is 3.46. The van der Waals surface area contributed by atoms with E-state index in [1.165, 1.54) is 0 Å². The molecule has 5 nitrogen and oxygen atoms in total. The van der Waals surface area contributed by atoms with Gasteiger partial charge in [0.2, 0.25) is 0 Å². The van der Waals surface area contributed by atoms with Crippen molar-refractivity contribution in [3.05, 3.63) is 44.7 Å². The van der Waals surface area contributed by atoms with Crippen LogP contribution in [0.2, 0.25) is 0 Å². The summed E-state index contributed by atoms with van der Waals surface area (Å²) >= 11 is 2.91. The van der Waals surface area contributed by atoms with Crippen LogP contribution in [-0.4, -0.2) is 24.1 Å². The van der Waals surface area contributed by atoms with Crippen LogP contribution in [0.1, 0.15) is 12.8 Å². The number of hydrogen-bond acceptors (Lipinski definition) is 4. The molecular weight excluding hydrogens is 331 g/mol. The van der Waals surface area contributed by atoms with Crippen molar-refractivity contribution in [2.24, 2.45) is 0 Å². The van der Waals surface area contributed by atoms with Gasteiger partial charge >= 0.3 is 5.69 Å². The first-order valence-corrected chi connectivity index (χ1v) is 6.93. The maximum atomic E-state index is 13.4. The lowest BCUT2D eigenvalue weighted by Gasteiger charge is -2.10. The average molecular weight is 345 g/mol. The smallest absolute Gasteiger partial charge is 0.312 e. The Morgan fingerprint density at radius 1 is 1.60 bits per heavy atom. The molecule has 1 aromatic carbocycles. The zero-order valence-corrected chi connectivity index (χ0v) is 12.3. The van der Waals surface area contributed by atoms with Crippen LogP contribution in [-0.2, 0) is 0 Å². The van der Waals surface area contributed by atoms with E-state index >= 15 is 0 Å². The van der Waals surface area contributed by atoms with Crippen LogP contribution in [0.4, 0.5) is 10.1 Å². The van der Waals surface area contributed by atoms with E-state index < -0.39 is 10.7 Å². The number of benzene rings is 1. The first-order valence-electron chi connectivity index (χ1n) is 6.13. The van der Waals surface area contributed by atoms with Gasteiger partial charge in [0, 0.05) is 24.7 Å². The normalized spacial score (nSPS) is 14.1. The quantitative estimate of drug-likeness (QED) is 0.468. The van der Waals surface area contributed by atoms with Gasteiger partial charge in [-0.2, -0.15) is 0 Å². The predicted octanol–water partition coefficient (Wildman–Crippen LogP) is 3.18. The number of rotatable bonds is 7. The van der Waals surface area contributed by atoms with Gasteiger partial charge in [-0.25, -0.2) is 4.39 Å². The van der Waals surface area contributed by atoms with E-state index in [0.29, 0.717) is 12.6 Å².